The maximum Gasteiger partial charge on any atom is 0.217 e. The summed E-state index contributed by atoms with van der Waals surface area (Å²) in [7, 11) is 3.43. The Balaban J connectivity index is 1.63. The van der Waals surface area contributed by atoms with Gasteiger partial charge in [0.25, 0.3) is 0 Å². The molecule has 2 aliphatic rings. The largest absolute Gasteiger partial charge is 0.481 e. The van der Waals surface area contributed by atoms with Crippen LogP contribution in [0.4, 0.5) is 0 Å². The summed E-state index contributed by atoms with van der Waals surface area (Å²) in [5.74, 6) is 0.717. The van der Waals surface area contributed by atoms with Gasteiger partial charge < -0.3 is 14.2 Å². The van der Waals surface area contributed by atoms with Gasteiger partial charge in [0.2, 0.25) is 5.88 Å². The Kier molecular flexibility index (Phi) is 5.25. The van der Waals surface area contributed by atoms with Gasteiger partial charge in [0.05, 0.1) is 26.4 Å². The number of likely N-dealkylation sites (tertiary alicyclic amines) is 1. The topological polar surface area (TPSA) is 47.1 Å². The smallest absolute Gasteiger partial charge is 0.217 e. The van der Waals surface area contributed by atoms with E-state index in [9.17, 15) is 0 Å². The van der Waals surface area contributed by atoms with Crippen molar-refractivity contribution in [1.29, 1.82) is 0 Å². The molecule has 6 nitrogen and oxygen atoms in total. The van der Waals surface area contributed by atoms with Gasteiger partial charge in [-0.15, -0.1) is 0 Å². The van der Waals surface area contributed by atoms with Crippen molar-refractivity contribution in [3.8, 4) is 5.88 Å². The van der Waals surface area contributed by atoms with Gasteiger partial charge in [0.1, 0.15) is 0 Å². The van der Waals surface area contributed by atoms with Crippen molar-refractivity contribution in [3.05, 3.63) is 23.9 Å². The molecule has 1 aromatic rings. The van der Waals surface area contributed by atoms with Crippen LogP contribution in [0.2, 0.25) is 0 Å². The number of nitrogens with zero attached hydrogens (tertiary/aromatic N) is 3. The highest BCUT2D eigenvalue weighted by Crippen LogP contribution is 2.25. The Morgan fingerprint density at radius 1 is 1.36 bits per heavy atom. The van der Waals surface area contributed by atoms with Crippen LogP contribution in [-0.2, 0) is 16.0 Å². The molecule has 2 atom stereocenters. The van der Waals surface area contributed by atoms with Crippen molar-refractivity contribution in [1.82, 2.24) is 14.8 Å². The van der Waals surface area contributed by atoms with Gasteiger partial charge in [0, 0.05) is 57.6 Å². The molecule has 0 spiro atoms. The molecule has 0 aromatic carbocycles. The lowest BCUT2D eigenvalue weighted by atomic mass is 10.1. The molecule has 122 valence electrons. The first kappa shape index (κ1) is 15.7. The lowest BCUT2D eigenvalue weighted by Crippen LogP contribution is -2.51. The third-order valence-electron chi connectivity index (χ3n) is 4.51. The molecule has 0 N–H and O–H groups in total. The van der Waals surface area contributed by atoms with Crippen molar-refractivity contribution in [2.24, 2.45) is 0 Å². The van der Waals surface area contributed by atoms with E-state index in [1.807, 2.05) is 6.07 Å². The number of morpholine rings is 1. The average molecular weight is 307 g/mol. The lowest BCUT2D eigenvalue weighted by Gasteiger charge is -2.36. The number of ether oxygens (including phenoxy) is 3. The zero-order valence-electron chi connectivity index (χ0n) is 13.4. The predicted octanol–water partition coefficient (Wildman–Crippen LogP) is 0.622. The maximum atomic E-state index is 5.97. The fourth-order valence-electron chi connectivity index (χ4n) is 3.42. The van der Waals surface area contributed by atoms with Crippen LogP contribution >= 0.6 is 0 Å². The van der Waals surface area contributed by atoms with Crippen molar-refractivity contribution in [3.63, 3.8) is 0 Å². The van der Waals surface area contributed by atoms with E-state index >= 15 is 0 Å². The summed E-state index contributed by atoms with van der Waals surface area (Å²) in [5.41, 5.74) is 1.13. The van der Waals surface area contributed by atoms with Crippen molar-refractivity contribution in [2.75, 3.05) is 53.6 Å². The first-order valence-electron chi connectivity index (χ1n) is 7.86. The number of hydrogen-bond donors (Lipinski definition) is 0. The van der Waals surface area contributed by atoms with Gasteiger partial charge in [-0.3, -0.25) is 9.80 Å². The summed E-state index contributed by atoms with van der Waals surface area (Å²) in [6, 6.07) is 4.51. The fraction of sp³-hybridized carbons (Fsp3) is 0.688. The molecule has 22 heavy (non-hydrogen) atoms. The molecule has 2 saturated heterocycles. The summed E-state index contributed by atoms with van der Waals surface area (Å²) >= 11 is 0. The maximum absolute atomic E-state index is 5.97. The molecular formula is C16H25N3O3. The molecular weight excluding hydrogens is 282 g/mol. The van der Waals surface area contributed by atoms with Gasteiger partial charge in [-0.05, 0) is 6.07 Å². The van der Waals surface area contributed by atoms with E-state index in [1.165, 1.54) is 0 Å². The Labute approximate surface area is 132 Å². The van der Waals surface area contributed by atoms with Gasteiger partial charge in [-0.25, -0.2) is 4.98 Å². The summed E-state index contributed by atoms with van der Waals surface area (Å²) in [6.45, 7) is 6.40. The monoisotopic (exact) mass is 307 g/mol. The molecule has 0 saturated carbocycles. The third kappa shape index (κ3) is 3.41. The zero-order valence-corrected chi connectivity index (χ0v) is 13.4. The molecule has 0 unspecified atom stereocenters. The second kappa shape index (κ2) is 7.37. The van der Waals surface area contributed by atoms with Gasteiger partial charge >= 0.3 is 0 Å². The highest BCUT2D eigenvalue weighted by molar-refractivity contribution is 5.25. The predicted molar refractivity (Wildman–Crippen MR) is 83.0 cm³/mol. The minimum absolute atomic E-state index is 0.299. The van der Waals surface area contributed by atoms with Crippen molar-refractivity contribution in [2.45, 2.75) is 18.7 Å². The molecule has 0 radical (unpaired) electrons. The second-order valence-electron chi connectivity index (χ2n) is 5.87. The van der Waals surface area contributed by atoms with Crippen molar-refractivity contribution < 1.29 is 14.2 Å². The first-order valence-corrected chi connectivity index (χ1v) is 7.86. The van der Waals surface area contributed by atoms with Gasteiger partial charge in [0.15, 0.2) is 0 Å². The van der Waals surface area contributed by atoms with E-state index in [2.05, 4.69) is 20.9 Å². The van der Waals surface area contributed by atoms with Crippen LogP contribution in [0.25, 0.3) is 0 Å². The number of methoxy groups -OCH3 is 2. The summed E-state index contributed by atoms with van der Waals surface area (Å²) in [4.78, 5) is 9.21. The normalized spacial score (nSPS) is 26.1. The average Bonchev–Trinajstić information content (AvgIpc) is 2.96. The van der Waals surface area contributed by atoms with Crippen LogP contribution in [0.1, 0.15) is 5.56 Å². The quantitative estimate of drug-likeness (QED) is 0.768. The molecule has 3 heterocycles. The first-order chi connectivity index (χ1) is 10.8. The van der Waals surface area contributed by atoms with E-state index in [0.717, 1.165) is 57.4 Å². The minimum Gasteiger partial charge on any atom is -0.481 e. The summed E-state index contributed by atoms with van der Waals surface area (Å²) in [5, 5.41) is 0. The molecule has 1 aromatic heterocycles. The van der Waals surface area contributed by atoms with Crippen LogP contribution in [0.15, 0.2) is 18.3 Å². The Bertz CT molecular complexity index is 485. The molecule has 0 bridgehead atoms. The van der Waals surface area contributed by atoms with Gasteiger partial charge in [-0.1, -0.05) is 6.07 Å². The summed E-state index contributed by atoms with van der Waals surface area (Å²) in [6.07, 6.45) is 2.06. The number of pyridine rings is 1. The molecule has 2 aliphatic heterocycles. The Morgan fingerprint density at radius 3 is 3.09 bits per heavy atom. The standard InChI is InChI=1S/C16H25N3O3/c1-20-8-6-19-7-9-22-15-12-18(11-14(15)19)10-13-4-3-5-17-16(13)21-2/h3-5,14-15H,6-12H2,1-2H3/t14-,15+/m1/s1. The Morgan fingerprint density at radius 2 is 2.27 bits per heavy atom. The van der Waals surface area contributed by atoms with Gasteiger partial charge in [-0.2, -0.15) is 0 Å². The number of aromatic nitrogens is 1. The Hall–Kier alpha value is -1.21. The van der Waals surface area contributed by atoms with E-state index in [4.69, 9.17) is 14.2 Å². The molecule has 0 aliphatic carbocycles. The van der Waals surface area contributed by atoms with Crippen LogP contribution in [0.3, 0.4) is 0 Å². The molecule has 2 fully saturated rings. The fourth-order valence-corrected chi connectivity index (χ4v) is 3.42. The van der Waals surface area contributed by atoms with E-state index in [0.29, 0.717) is 12.1 Å². The zero-order chi connectivity index (χ0) is 15.4. The van der Waals surface area contributed by atoms with Crippen LogP contribution in [0, 0.1) is 0 Å². The molecule has 0 amide bonds. The minimum atomic E-state index is 0.299. The highest BCUT2D eigenvalue weighted by atomic mass is 16.5. The second-order valence-corrected chi connectivity index (χ2v) is 5.87. The number of rotatable bonds is 6. The number of fused-ring (bicyclic) bond motifs is 1. The van der Waals surface area contributed by atoms with Crippen LogP contribution < -0.4 is 4.74 Å². The number of hydrogen-bond acceptors (Lipinski definition) is 6. The lowest BCUT2D eigenvalue weighted by molar-refractivity contribution is -0.0527. The van der Waals surface area contributed by atoms with Crippen molar-refractivity contribution >= 4 is 0 Å². The van der Waals surface area contributed by atoms with E-state index in [-0.39, 0.29) is 0 Å². The molecule has 6 heteroatoms. The highest BCUT2D eigenvalue weighted by Gasteiger charge is 2.39. The summed E-state index contributed by atoms with van der Waals surface area (Å²) < 4.78 is 16.5. The van der Waals surface area contributed by atoms with Crippen LogP contribution in [0.5, 0.6) is 5.88 Å². The van der Waals surface area contributed by atoms with E-state index in [1.54, 1.807) is 20.4 Å². The van der Waals surface area contributed by atoms with E-state index < -0.39 is 0 Å². The molecule has 3 rings (SSSR count). The van der Waals surface area contributed by atoms with Crippen LogP contribution in [-0.4, -0.2) is 80.5 Å². The SMILES string of the molecule is COCCN1CCO[C@H]2CN(Cc3cccnc3OC)C[C@H]21. The third-order valence-corrected chi connectivity index (χ3v) is 4.51.